The fourth-order valence-electron chi connectivity index (χ4n) is 2.46. The van der Waals surface area contributed by atoms with E-state index in [1.807, 2.05) is 30.3 Å². The molecule has 0 amide bonds. The van der Waals surface area contributed by atoms with Crippen molar-refractivity contribution in [2.24, 2.45) is 0 Å². The Morgan fingerprint density at radius 3 is 2.57 bits per heavy atom. The first-order valence-corrected chi connectivity index (χ1v) is 8.03. The molecule has 21 heavy (non-hydrogen) atoms. The summed E-state index contributed by atoms with van der Waals surface area (Å²) in [4.78, 5) is 6.94. The van der Waals surface area contributed by atoms with Crippen molar-refractivity contribution in [1.82, 2.24) is 9.88 Å². The lowest BCUT2D eigenvalue weighted by Crippen LogP contribution is -2.36. The summed E-state index contributed by atoms with van der Waals surface area (Å²) < 4.78 is 7.01. The van der Waals surface area contributed by atoms with Crippen molar-refractivity contribution in [2.45, 2.75) is 13.0 Å². The molecule has 0 bridgehead atoms. The molecule has 0 aliphatic carbocycles. The Bertz CT molecular complexity index is 714. The molecule has 2 aromatic carbocycles. The smallest absolute Gasteiger partial charge is 0.279 e. The minimum absolute atomic E-state index is 0.701. The third-order valence-corrected chi connectivity index (χ3v) is 4.67. The molecule has 1 saturated heterocycles. The van der Waals surface area contributed by atoms with Crippen molar-refractivity contribution in [2.75, 3.05) is 13.1 Å². The SMILES string of the molecule is c1ccc2sc(Oc3ccc(CN4CCC4)cc3)nc2c1. The van der Waals surface area contributed by atoms with Crippen LogP contribution in [-0.4, -0.2) is 23.0 Å². The monoisotopic (exact) mass is 296 g/mol. The highest BCUT2D eigenvalue weighted by atomic mass is 32.1. The standard InChI is InChI=1S/C17H16N2OS/c1-2-5-16-15(4-1)18-17(21-16)20-14-8-6-13(7-9-14)12-19-10-3-11-19/h1-2,4-9H,3,10-12H2. The molecule has 1 fully saturated rings. The highest BCUT2D eigenvalue weighted by Gasteiger charge is 2.13. The Kier molecular flexibility index (Phi) is 3.33. The summed E-state index contributed by atoms with van der Waals surface area (Å²) in [5.74, 6) is 0.849. The molecule has 4 rings (SSSR count). The fourth-order valence-corrected chi connectivity index (χ4v) is 3.29. The van der Waals surface area contributed by atoms with Gasteiger partial charge in [-0.15, -0.1) is 0 Å². The van der Waals surface area contributed by atoms with Gasteiger partial charge in [-0.05, 0) is 49.3 Å². The summed E-state index contributed by atoms with van der Waals surface area (Å²) in [5, 5.41) is 0.701. The van der Waals surface area contributed by atoms with Gasteiger partial charge in [0.25, 0.3) is 5.19 Å². The zero-order valence-electron chi connectivity index (χ0n) is 11.7. The largest absolute Gasteiger partial charge is 0.431 e. The van der Waals surface area contributed by atoms with E-state index in [4.69, 9.17) is 4.74 Å². The van der Waals surface area contributed by atoms with Gasteiger partial charge in [-0.3, -0.25) is 4.90 Å². The van der Waals surface area contributed by atoms with Gasteiger partial charge in [-0.2, -0.15) is 0 Å². The first kappa shape index (κ1) is 12.8. The number of thiazole rings is 1. The molecular formula is C17H16N2OS. The number of benzene rings is 2. The molecule has 0 spiro atoms. The van der Waals surface area contributed by atoms with Crippen LogP contribution in [0.1, 0.15) is 12.0 Å². The Hall–Kier alpha value is -1.91. The number of ether oxygens (including phenoxy) is 1. The number of fused-ring (bicyclic) bond motifs is 1. The van der Waals surface area contributed by atoms with Crippen LogP contribution in [0.3, 0.4) is 0 Å². The third kappa shape index (κ3) is 2.77. The molecule has 106 valence electrons. The molecule has 4 heteroatoms. The zero-order chi connectivity index (χ0) is 14.1. The van der Waals surface area contributed by atoms with Gasteiger partial charge in [0.05, 0.1) is 10.2 Å². The minimum atomic E-state index is 0.701. The van der Waals surface area contributed by atoms with Gasteiger partial charge < -0.3 is 4.74 Å². The van der Waals surface area contributed by atoms with Crippen LogP contribution >= 0.6 is 11.3 Å². The van der Waals surface area contributed by atoms with E-state index in [2.05, 4.69) is 28.1 Å². The first-order chi connectivity index (χ1) is 10.4. The van der Waals surface area contributed by atoms with E-state index in [-0.39, 0.29) is 0 Å². The minimum Gasteiger partial charge on any atom is -0.431 e. The Morgan fingerprint density at radius 1 is 1.05 bits per heavy atom. The van der Waals surface area contributed by atoms with E-state index in [0.717, 1.165) is 22.5 Å². The van der Waals surface area contributed by atoms with Crippen LogP contribution in [-0.2, 0) is 6.54 Å². The van der Waals surface area contributed by atoms with Crippen LogP contribution < -0.4 is 4.74 Å². The van der Waals surface area contributed by atoms with Crippen molar-refractivity contribution < 1.29 is 4.74 Å². The third-order valence-electron chi connectivity index (χ3n) is 3.76. The summed E-state index contributed by atoms with van der Waals surface area (Å²) in [6.07, 6.45) is 1.33. The van der Waals surface area contributed by atoms with Crippen molar-refractivity contribution in [1.29, 1.82) is 0 Å². The quantitative estimate of drug-likeness (QED) is 0.718. The van der Waals surface area contributed by atoms with Crippen LogP contribution in [0.4, 0.5) is 0 Å². The van der Waals surface area contributed by atoms with Crippen molar-refractivity contribution >= 4 is 21.6 Å². The molecule has 1 aliphatic rings. The highest BCUT2D eigenvalue weighted by Crippen LogP contribution is 2.31. The van der Waals surface area contributed by atoms with Gasteiger partial charge in [0, 0.05) is 6.54 Å². The van der Waals surface area contributed by atoms with Gasteiger partial charge in [0.15, 0.2) is 0 Å². The Balaban J connectivity index is 1.48. The average Bonchev–Trinajstić information content (AvgIpc) is 2.87. The van der Waals surface area contributed by atoms with Crippen molar-refractivity contribution in [3.63, 3.8) is 0 Å². The second-order valence-corrected chi connectivity index (χ2v) is 6.32. The zero-order valence-corrected chi connectivity index (χ0v) is 12.5. The topological polar surface area (TPSA) is 25.4 Å². The normalized spacial score (nSPS) is 15.0. The van der Waals surface area contributed by atoms with Crippen LogP contribution in [0.15, 0.2) is 48.5 Å². The van der Waals surface area contributed by atoms with Crippen LogP contribution in [0, 0.1) is 0 Å². The van der Waals surface area contributed by atoms with Gasteiger partial charge >= 0.3 is 0 Å². The molecule has 1 aliphatic heterocycles. The van der Waals surface area contributed by atoms with Crippen molar-refractivity contribution in [3.8, 4) is 10.9 Å². The summed E-state index contributed by atoms with van der Waals surface area (Å²) in [5.41, 5.74) is 2.33. The molecule has 0 unspecified atom stereocenters. The number of rotatable bonds is 4. The Morgan fingerprint density at radius 2 is 1.86 bits per heavy atom. The van der Waals surface area contributed by atoms with Gasteiger partial charge in [0.1, 0.15) is 5.75 Å². The van der Waals surface area contributed by atoms with Crippen LogP contribution in [0.25, 0.3) is 10.2 Å². The van der Waals surface area contributed by atoms with E-state index in [1.165, 1.54) is 25.1 Å². The predicted octanol–water partition coefficient (Wildman–Crippen LogP) is 4.29. The molecule has 2 heterocycles. The number of aromatic nitrogens is 1. The van der Waals surface area contributed by atoms with Crippen LogP contribution in [0.5, 0.6) is 10.9 Å². The number of hydrogen-bond donors (Lipinski definition) is 0. The van der Waals surface area contributed by atoms with E-state index in [1.54, 1.807) is 11.3 Å². The second kappa shape index (κ2) is 5.47. The maximum atomic E-state index is 5.86. The van der Waals surface area contributed by atoms with E-state index < -0.39 is 0 Å². The molecular weight excluding hydrogens is 280 g/mol. The first-order valence-electron chi connectivity index (χ1n) is 7.21. The highest BCUT2D eigenvalue weighted by molar-refractivity contribution is 7.20. The van der Waals surface area contributed by atoms with Crippen molar-refractivity contribution in [3.05, 3.63) is 54.1 Å². The molecule has 1 aromatic heterocycles. The molecule has 0 atom stereocenters. The molecule has 0 saturated carbocycles. The molecule has 3 nitrogen and oxygen atoms in total. The molecule has 3 aromatic rings. The van der Waals surface area contributed by atoms with E-state index >= 15 is 0 Å². The molecule has 0 radical (unpaired) electrons. The second-order valence-electron chi connectivity index (χ2n) is 5.32. The maximum absolute atomic E-state index is 5.86. The lowest BCUT2D eigenvalue weighted by atomic mass is 10.1. The van der Waals surface area contributed by atoms with E-state index in [9.17, 15) is 0 Å². The lowest BCUT2D eigenvalue weighted by Gasteiger charge is -2.30. The lowest BCUT2D eigenvalue weighted by molar-refractivity contribution is 0.172. The number of nitrogens with zero attached hydrogens (tertiary/aromatic N) is 2. The summed E-state index contributed by atoms with van der Waals surface area (Å²) in [7, 11) is 0. The van der Waals surface area contributed by atoms with E-state index in [0.29, 0.717) is 5.19 Å². The summed E-state index contributed by atoms with van der Waals surface area (Å²) in [6.45, 7) is 3.50. The maximum Gasteiger partial charge on any atom is 0.279 e. The van der Waals surface area contributed by atoms with Gasteiger partial charge in [-0.1, -0.05) is 35.6 Å². The average molecular weight is 296 g/mol. The predicted molar refractivity (Wildman–Crippen MR) is 86.0 cm³/mol. The molecule has 0 N–H and O–H groups in total. The van der Waals surface area contributed by atoms with Gasteiger partial charge in [-0.25, -0.2) is 4.98 Å². The number of hydrogen-bond acceptors (Lipinski definition) is 4. The van der Waals surface area contributed by atoms with Gasteiger partial charge in [0.2, 0.25) is 0 Å². The number of para-hydroxylation sites is 1. The summed E-state index contributed by atoms with van der Waals surface area (Å²) in [6, 6.07) is 16.4. The fraction of sp³-hybridized carbons (Fsp3) is 0.235. The number of likely N-dealkylation sites (tertiary alicyclic amines) is 1. The summed E-state index contributed by atoms with van der Waals surface area (Å²) >= 11 is 1.58. The van der Waals surface area contributed by atoms with Crippen LogP contribution in [0.2, 0.25) is 0 Å². The Labute approximate surface area is 127 Å².